The van der Waals surface area contributed by atoms with E-state index in [1.807, 2.05) is 13.8 Å². The maximum absolute atomic E-state index is 13.7. The Morgan fingerprint density at radius 2 is 1.41 bits per heavy atom. The molecule has 10 N–H and O–H groups in total. The zero-order valence-corrected chi connectivity index (χ0v) is 39.7. The topological polar surface area (TPSA) is 284 Å². The molecule has 18 heteroatoms. The lowest BCUT2D eigenvalue weighted by Crippen LogP contribution is -2.66. The van der Waals surface area contributed by atoms with Gasteiger partial charge in [-0.1, -0.05) is 34.6 Å². The number of amides is 1. The maximum Gasteiger partial charge on any atom is 0.219 e. The van der Waals surface area contributed by atoms with Crippen LogP contribution in [0.4, 0.5) is 0 Å². The van der Waals surface area contributed by atoms with E-state index >= 15 is 0 Å². The van der Waals surface area contributed by atoms with Crippen molar-refractivity contribution < 1.29 is 84.0 Å². The number of hydrogen-bond acceptors (Lipinski definition) is 17. The number of aliphatic hydroxyl groups is 9. The Bertz CT molecular complexity index is 1630. The molecule has 3 heterocycles. The molecule has 7 fully saturated rings. The number of aliphatic hydroxyl groups excluding tert-OH is 9. The third-order valence-electron chi connectivity index (χ3n) is 17.8. The molecule has 25 atom stereocenters. The highest BCUT2D eigenvalue weighted by atomic mass is 16.8. The minimum absolute atomic E-state index is 0.0277. The fraction of sp³-hybridized carbons (Fsp3) is 0.958. The monoisotopic (exact) mass is 944 g/mol. The Morgan fingerprint density at radius 3 is 2.12 bits per heavy atom. The van der Waals surface area contributed by atoms with Gasteiger partial charge in [0.25, 0.3) is 0 Å². The van der Waals surface area contributed by atoms with Gasteiger partial charge in [0.1, 0.15) is 66.8 Å². The quantitative estimate of drug-likeness (QED) is 0.0952. The third-order valence-corrected chi connectivity index (χ3v) is 17.8. The number of carbonyl (C=O) groups is 2. The fourth-order valence-corrected chi connectivity index (χ4v) is 13.8. The van der Waals surface area contributed by atoms with Gasteiger partial charge in [0.2, 0.25) is 5.91 Å². The molecule has 3 aliphatic heterocycles. The second kappa shape index (κ2) is 21.5. The zero-order chi connectivity index (χ0) is 48.0. The van der Waals surface area contributed by atoms with Gasteiger partial charge in [-0.25, -0.2) is 0 Å². The molecule has 3 saturated heterocycles. The summed E-state index contributed by atoms with van der Waals surface area (Å²) in [5.74, 6) is 1.60. The molecule has 0 radical (unpaired) electrons. The molecule has 380 valence electrons. The first-order valence-corrected chi connectivity index (χ1v) is 25.0. The molecule has 18 nitrogen and oxygen atoms in total. The molecule has 0 bridgehead atoms. The van der Waals surface area contributed by atoms with Crippen molar-refractivity contribution in [1.29, 1.82) is 0 Å². The van der Waals surface area contributed by atoms with Crippen LogP contribution in [-0.4, -0.2) is 176 Å². The molecule has 1 amide bonds. The predicted molar refractivity (Wildman–Crippen MR) is 234 cm³/mol. The lowest BCUT2D eigenvalue weighted by Gasteiger charge is -2.61. The van der Waals surface area contributed by atoms with E-state index in [0.717, 1.165) is 44.9 Å². The molecule has 66 heavy (non-hydrogen) atoms. The van der Waals surface area contributed by atoms with Gasteiger partial charge in [0.15, 0.2) is 18.9 Å². The van der Waals surface area contributed by atoms with Crippen molar-refractivity contribution in [3.63, 3.8) is 0 Å². The van der Waals surface area contributed by atoms with Crippen LogP contribution in [0.2, 0.25) is 0 Å². The Hall–Kier alpha value is -1.46. The van der Waals surface area contributed by atoms with Crippen molar-refractivity contribution in [3.05, 3.63) is 0 Å². The van der Waals surface area contributed by atoms with Crippen LogP contribution in [0, 0.1) is 52.3 Å². The van der Waals surface area contributed by atoms with E-state index in [4.69, 9.17) is 28.4 Å². The summed E-state index contributed by atoms with van der Waals surface area (Å²) < 4.78 is 35.5. The van der Waals surface area contributed by atoms with Crippen molar-refractivity contribution >= 4 is 11.7 Å². The second-order valence-corrected chi connectivity index (χ2v) is 21.9. The normalized spacial score (nSPS) is 49.2. The molecular formula is C48H81NO17. The van der Waals surface area contributed by atoms with Crippen LogP contribution in [-0.2, 0) is 38.0 Å². The van der Waals surface area contributed by atoms with E-state index in [1.54, 1.807) is 0 Å². The maximum atomic E-state index is 13.7. The van der Waals surface area contributed by atoms with Gasteiger partial charge in [0.05, 0.1) is 31.5 Å². The lowest BCUT2D eigenvalue weighted by molar-refractivity contribution is -0.383. The summed E-state index contributed by atoms with van der Waals surface area (Å²) in [5.41, 5.74) is -0.115. The molecule has 0 spiro atoms. The van der Waals surface area contributed by atoms with Gasteiger partial charge in [-0.15, -0.1) is 0 Å². The summed E-state index contributed by atoms with van der Waals surface area (Å²) >= 11 is 0. The van der Waals surface area contributed by atoms with E-state index in [2.05, 4.69) is 26.1 Å². The van der Waals surface area contributed by atoms with E-state index in [9.17, 15) is 55.5 Å². The third kappa shape index (κ3) is 10.3. The lowest BCUT2D eigenvalue weighted by atomic mass is 9.44. The first-order valence-electron chi connectivity index (χ1n) is 25.0. The molecule has 7 rings (SSSR count). The Labute approximate surface area is 389 Å². The van der Waals surface area contributed by atoms with Gasteiger partial charge in [0, 0.05) is 25.3 Å². The van der Waals surface area contributed by atoms with E-state index < -0.39 is 105 Å². The number of ether oxygens (including phenoxy) is 6. The summed E-state index contributed by atoms with van der Waals surface area (Å²) in [6.07, 6.45) is -12.3. The number of carbonyl (C=O) groups excluding carboxylic acids is 2. The average Bonchev–Trinajstić information content (AvgIpc) is 3.56. The molecule has 4 saturated carbocycles. The molecular weight excluding hydrogens is 863 g/mol. The Kier molecular flexibility index (Phi) is 17.1. The van der Waals surface area contributed by atoms with Crippen molar-refractivity contribution in [2.45, 2.75) is 217 Å². The SMILES string of the molecule is CCCC(=O)NCC(C)CCC(=O)[C@@H](C)C1[C@H](O)C[C@H]2[C@@H]3CCC4C[C@@H](O[C@@H]5O[C@H](CO)[C@@H](O[C@@H]6O[C@H](C)[C@H](O)[C@@H](O)[C@H]6O[C@@H]6OC[C@@H](O)[C@H](O)[C@H]6O)[C@H](O)[C@H]5O)CC[C@]4(C)[C@H]3CC[C@]12C. The first kappa shape index (κ1) is 52.4. The van der Waals surface area contributed by atoms with Crippen molar-refractivity contribution in [1.82, 2.24) is 5.32 Å². The summed E-state index contributed by atoms with van der Waals surface area (Å²) in [6.45, 7) is 11.8. The zero-order valence-electron chi connectivity index (χ0n) is 39.7. The second-order valence-electron chi connectivity index (χ2n) is 21.9. The number of nitrogens with one attached hydrogen (secondary N) is 1. The molecule has 0 aromatic carbocycles. The van der Waals surface area contributed by atoms with Crippen LogP contribution in [0.1, 0.15) is 119 Å². The molecule has 0 aromatic heterocycles. The molecule has 4 aliphatic carbocycles. The van der Waals surface area contributed by atoms with E-state index in [0.29, 0.717) is 62.3 Å². The largest absolute Gasteiger partial charge is 0.394 e. The fourth-order valence-electron chi connectivity index (χ4n) is 13.8. The summed E-state index contributed by atoms with van der Waals surface area (Å²) in [7, 11) is 0. The minimum Gasteiger partial charge on any atom is -0.394 e. The molecule has 7 aliphatic rings. The van der Waals surface area contributed by atoms with Gasteiger partial charge in [-0.2, -0.15) is 0 Å². The van der Waals surface area contributed by atoms with Crippen LogP contribution in [0.25, 0.3) is 0 Å². The highest BCUT2D eigenvalue weighted by Gasteiger charge is 2.64. The van der Waals surface area contributed by atoms with Crippen LogP contribution < -0.4 is 5.32 Å². The number of fused-ring (bicyclic) bond motifs is 5. The van der Waals surface area contributed by atoms with Crippen molar-refractivity contribution in [3.8, 4) is 0 Å². The van der Waals surface area contributed by atoms with Crippen LogP contribution in [0.3, 0.4) is 0 Å². The number of ketones is 1. The standard InChI is InChI=1S/C48H81NO17/c1-7-8-34(54)49-19-22(2)9-12-30(51)23(3)35-31(52)18-29-27-11-10-25-17-26(13-15-47(25,5)28(27)14-16-48(29,35)6)63-45-41(60)39(58)42(33(20-50)64-45)65-46-43(38(57)36(55)24(4)62-46)66-44-40(59)37(56)32(53)21-61-44/h22-29,31-33,35-46,50,52-53,55-60H,7-21H2,1-6H3,(H,49,54)/t22?,23-,24-,25?,26+,27-,28+,29+,31-,32-,33-,35?,36+,37+,38-,39-,40-,41-,42-,43-,44+,45-,46+,47+,48+/m1/s1. The van der Waals surface area contributed by atoms with E-state index in [1.165, 1.54) is 6.92 Å². The average molecular weight is 944 g/mol. The number of rotatable bonds is 16. The number of hydrogen-bond donors (Lipinski definition) is 10. The Morgan fingerprint density at radius 1 is 0.727 bits per heavy atom. The minimum atomic E-state index is -1.73. The molecule has 3 unspecified atom stereocenters. The van der Waals surface area contributed by atoms with Gasteiger partial charge >= 0.3 is 0 Å². The first-order chi connectivity index (χ1) is 31.2. The summed E-state index contributed by atoms with van der Waals surface area (Å²) in [6, 6.07) is 0. The summed E-state index contributed by atoms with van der Waals surface area (Å²) in [4.78, 5) is 25.7. The predicted octanol–water partition coefficient (Wildman–Crippen LogP) is 0.654. The van der Waals surface area contributed by atoms with E-state index in [-0.39, 0.29) is 46.4 Å². The Balaban J connectivity index is 0.942. The van der Waals surface area contributed by atoms with Gasteiger partial charge in [-0.05, 0) is 117 Å². The van der Waals surface area contributed by atoms with Crippen molar-refractivity contribution in [2.75, 3.05) is 19.8 Å². The highest BCUT2D eigenvalue weighted by Crippen LogP contribution is 2.68. The highest BCUT2D eigenvalue weighted by molar-refractivity contribution is 5.81. The smallest absolute Gasteiger partial charge is 0.219 e. The van der Waals surface area contributed by atoms with Crippen LogP contribution in [0.15, 0.2) is 0 Å². The number of Topliss-reactive ketones (excluding diaryl/α,β-unsaturated/α-hetero) is 1. The van der Waals surface area contributed by atoms with Gasteiger partial charge in [-0.3, -0.25) is 9.59 Å². The molecule has 0 aromatic rings. The summed E-state index contributed by atoms with van der Waals surface area (Å²) in [5, 5.41) is 100. The van der Waals surface area contributed by atoms with Crippen LogP contribution in [0.5, 0.6) is 0 Å². The van der Waals surface area contributed by atoms with Crippen LogP contribution >= 0.6 is 0 Å². The van der Waals surface area contributed by atoms with Gasteiger partial charge < -0.3 is 79.7 Å². The van der Waals surface area contributed by atoms with Crippen molar-refractivity contribution in [2.24, 2.45) is 52.3 Å².